The zero-order chi connectivity index (χ0) is 14.0. The molecule has 0 aliphatic carbocycles. The molecular weight excluding hydrogens is 256 g/mol. The Balaban J connectivity index is 2.08. The van der Waals surface area contributed by atoms with E-state index in [9.17, 15) is 15.3 Å². The van der Waals surface area contributed by atoms with Crippen LogP contribution in [0.2, 0.25) is 0 Å². The molecular formula is C12H16O7. The summed E-state index contributed by atoms with van der Waals surface area (Å²) in [5, 5.41) is 47.1. The lowest BCUT2D eigenvalue weighted by molar-refractivity contribution is -0.277. The molecule has 0 saturated carbocycles. The Morgan fingerprint density at radius 3 is 2.21 bits per heavy atom. The first kappa shape index (κ1) is 14.0. The maximum atomic E-state index is 9.75. The molecule has 1 aromatic rings. The lowest BCUT2D eigenvalue weighted by Crippen LogP contribution is -2.60. The Morgan fingerprint density at radius 2 is 1.63 bits per heavy atom. The summed E-state index contributed by atoms with van der Waals surface area (Å²) in [6.07, 6.45) is -6.58. The van der Waals surface area contributed by atoms with Gasteiger partial charge < -0.3 is 35.0 Å². The van der Waals surface area contributed by atoms with Crippen LogP contribution in [-0.4, -0.2) is 62.8 Å². The summed E-state index contributed by atoms with van der Waals surface area (Å²) in [7, 11) is 0. The van der Waals surface area contributed by atoms with Crippen molar-refractivity contribution in [2.75, 3.05) is 6.61 Å². The molecule has 0 spiro atoms. The summed E-state index contributed by atoms with van der Waals surface area (Å²) < 4.78 is 10.5. The van der Waals surface area contributed by atoms with Crippen molar-refractivity contribution in [1.29, 1.82) is 0 Å². The first-order chi connectivity index (χ1) is 9.02. The third-order valence-electron chi connectivity index (χ3n) is 2.94. The van der Waals surface area contributed by atoms with E-state index in [0.717, 1.165) is 0 Å². The fourth-order valence-electron chi connectivity index (χ4n) is 1.82. The summed E-state index contributed by atoms with van der Waals surface area (Å²) >= 11 is 0. The topological polar surface area (TPSA) is 120 Å². The van der Waals surface area contributed by atoms with Gasteiger partial charge in [0.15, 0.2) is 0 Å². The first-order valence-electron chi connectivity index (χ1n) is 5.79. The van der Waals surface area contributed by atoms with Crippen molar-refractivity contribution in [3.8, 4) is 11.5 Å². The monoisotopic (exact) mass is 272 g/mol. The summed E-state index contributed by atoms with van der Waals surface area (Å²) in [4.78, 5) is 0. The fourth-order valence-corrected chi connectivity index (χ4v) is 1.82. The van der Waals surface area contributed by atoms with Gasteiger partial charge in [-0.1, -0.05) is 0 Å². The summed E-state index contributed by atoms with van der Waals surface area (Å²) in [5.74, 6) is 0.364. The first-order valence-corrected chi connectivity index (χ1v) is 5.79. The fraction of sp³-hybridized carbons (Fsp3) is 0.500. The van der Waals surface area contributed by atoms with Crippen LogP contribution >= 0.6 is 0 Å². The van der Waals surface area contributed by atoms with Gasteiger partial charge in [-0.15, -0.1) is 0 Å². The molecule has 0 bridgehead atoms. The minimum Gasteiger partial charge on any atom is -0.508 e. The Hall–Kier alpha value is -1.38. The van der Waals surface area contributed by atoms with Crippen LogP contribution in [0, 0.1) is 0 Å². The molecule has 19 heavy (non-hydrogen) atoms. The van der Waals surface area contributed by atoms with E-state index >= 15 is 0 Å². The maximum Gasteiger partial charge on any atom is 0.229 e. The zero-order valence-electron chi connectivity index (χ0n) is 9.96. The number of rotatable bonds is 3. The number of hydrogen-bond acceptors (Lipinski definition) is 7. The van der Waals surface area contributed by atoms with Crippen LogP contribution in [0.5, 0.6) is 11.5 Å². The molecule has 4 unspecified atom stereocenters. The predicted molar refractivity (Wildman–Crippen MR) is 62.5 cm³/mol. The third kappa shape index (κ3) is 2.96. The van der Waals surface area contributed by atoms with E-state index in [1.165, 1.54) is 24.3 Å². The summed E-state index contributed by atoms with van der Waals surface area (Å²) in [5.41, 5.74) is 0. The molecule has 1 aliphatic rings. The molecule has 1 saturated heterocycles. The number of hydrogen-bond donors (Lipinski definition) is 5. The molecule has 1 heterocycles. The normalized spacial score (nSPS) is 35.1. The molecule has 106 valence electrons. The van der Waals surface area contributed by atoms with E-state index in [1.807, 2.05) is 0 Å². The smallest absolute Gasteiger partial charge is 0.229 e. The molecule has 0 amide bonds. The van der Waals surface area contributed by atoms with Gasteiger partial charge in [0.05, 0.1) is 6.61 Å². The molecule has 1 aromatic carbocycles. The van der Waals surface area contributed by atoms with Crippen molar-refractivity contribution in [3.05, 3.63) is 24.3 Å². The van der Waals surface area contributed by atoms with Gasteiger partial charge in [-0.05, 0) is 24.3 Å². The van der Waals surface area contributed by atoms with Crippen molar-refractivity contribution >= 4 is 0 Å². The van der Waals surface area contributed by atoms with Crippen molar-refractivity contribution < 1.29 is 35.0 Å². The summed E-state index contributed by atoms with van der Waals surface area (Å²) in [6.45, 7) is -0.514. The van der Waals surface area contributed by atoms with Crippen LogP contribution in [0.4, 0.5) is 0 Å². The van der Waals surface area contributed by atoms with E-state index < -0.39 is 37.3 Å². The van der Waals surface area contributed by atoms with Crippen molar-refractivity contribution in [3.63, 3.8) is 0 Å². The average Bonchev–Trinajstić information content (AvgIpc) is 2.42. The van der Waals surface area contributed by atoms with Crippen molar-refractivity contribution in [1.82, 2.24) is 0 Å². The van der Waals surface area contributed by atoms with Crippen molar-refractivity contribution in [2.24, 2.45) is 0 Å². The highest BCUT2D eigenvalue weighted by Crippen LogP contribution is 2.25. The summed E-state index contributed by atoms with van der Waals surface area (Å²) in [6, 6.07) is 5.69. The largest absolute Gasteiger partial charge is 0.508 e. The lowest BCUT2D eigenvalue weighted by atomic mass is 9.99. The van der Waals surface area contributed by atoms with Crippen LogP contribution in [-0.2, 0) is 4.74 Å². The second-order valence-electron chi connectivity index (χ2n) is 4.31. The molecule has 1 aliphatic heterocycles. The minimum atomic E-state index is -1.48. The number of ether oxygens (including phenoxy) is 2. The van der Waals surface area contributed by atoms with E-state index in [1.54, 1.807) is 0 Å². The highest BCUT2D eigenvalue weighted by atomic mass is 16.7. The van der Waals surface area contributed by atoms with Gasteiger partial charge in [0.25, 0.3) is 0 Å². The highest BCUT2D eigenvalue weighted by Gasteiger charge is 2.44. The molecule has 7 nitrogen and oxygen atoms in total. The molecule has 7 heteroatoms. The molecule has 0 radical (unpaired) electrons. The van der Waals surface area contributed by atoms with Crippen LogP contribution in [0.1, 0.15) is 0 Å². The van der Waals surface area contributed by atoms with E-state index in [2.05, 4.69) is 0 Å². The lowest BCUT2D eigenvalue weighted by Gasteiger charge is -2.39. The van der Waals surface area contributed by atoms with Crippen LogP contribution < -0.4 is 4.74 Å². The second-order valence-corrected chi connectivity index (χ2v) is 4.31. The van der Waals surface area contributed by atoms with Gasteiger partial charge in [0.1, 0.15) is 35.9 Å². The van der Waals surface area contributed by atoms with E-state index in [0.29, 0.717) is 5.75 Å². The van der Waals surface area contributed by atoms with Gasteiger partial charge in [-0.3, -0.25) is 0 Å². The predicted octanol–water partition coefficient (Wildman–Crippen LogP) is -1.43. The molecule has 5 atom stereocenters. The second kappa shape index (κ2) is 5.72. The number of aromatic hydroxyl groups is 1. The van der Waals surface area contributed by atoms with E-state index in [-0.39, 0.29) is 5.75 Å². The van der Waals surface area contributed by atoms with Crippen LogP contribution in [0.15, 0.2) is 24.3 Å². The van der Waals surface area contributed by atoms with Gasteiger partial charge in [0, 0.05) is 0 Å². The standard InChI is InChI=1S/C12H16O7/c13-5-8-9(15)10(16)11(17)12(19-8)18-7-3-1-6(14)2-4-7/h1-4,8-17H,5H2/t8-,9?,10?,11?,12?/m1/s1. The number of phenols is 1. The Labute approximate surface area is 109 Å². The van der Waals surface area contributed by atoms with Crippen molar-refractivity contribution in [2.45, 2.75) is 30.7 Å². The van der Waals surface area contributed by atoms with Gasteiger partial charge >= 0.3 is 0 Å². The SMILES string of the molecule is OC[C@H]1OC(Oc2ccc(O)cc2)C(O)C(O)C1O. The van der Waals surface area contributed by atoms with Crippen LogP contribution in [0.3, 0.4) is 0 Å². The molecule has 2 rings (SSSR count). The number of benzene rings is 1. The highest BCUT2D eigenvalue weighted by molar-refractivity contribution is 5.30. The zero-order valence-corrected chi connectivity index (χ0v) is 9.96. The van der Waals surface area contributed by atoms with Gasteiger partial charge in [-0.25, -0.2) is 0 Å². The Morgan fingerprint density at radius 1 is 1.00 bits per heavy atom. The van der Waals surface area contributed by atoms with Crippen LogP contribution in [0.25, 0.3) is 0 Å². The maximum absolute atomic E-state index is 9.75. The number of aliphatic hydroxyl groups is 4. The molecule has 0 aromatic heterocycles. The number of aliphatic hydroxyl groups excluding tert-OH is 4. The Bertz CT molecular complexity index is 405. The quantitative estimate of drug-likeness (QED) is 0.457. The molecule has 5 N–H and O–H groups in total. The molecule has 1 fully saturated rings. The van der Waals surface area contributed by atoms with Gasteiger partial charge in [-0.2, -0.15) is 0 Å². The third-order valence-corrected chi connectivity index (χ3v) is 2.94. The number of phenolic OH excluding ortho intramolecular Hbond substituents is 1. The van der Waals surface area contributed by atoms with Gasteiger partial charge in [0.2, 0.25) is 6.29 Å². The minimum absolute atomic E-state index is 0.0566. The van der Waals surface area contributed by atoms with E-state index in [4.69, 9.17) is 19.7 Å². The Kier molecular flexibility index (Phi) is 4.23. The average molecular weight is 272 g/mol.